The van der Waals surface area contributed by atoms with Crippen molar-refractivity contribution in [3.63, 3.8) is 0 Å². The second-order valence-corrected chi connectivity index (χ2v) is 7.61. The van der Waals surface area contributed by atoms with E-state index in [0.29, 0.717) is 16.5 Å². The zero-order valence-electron chi connectivity index (χ0n) is 17.6. The van der Waals surface area contributed by atoms with Crippen LogP contribution < -0.4 is 10.1 Å². The molecule has 4 rings (SSSR count). The molecule has 0 radical (unpaired) electrons. The van der Waals surface area contributed by atoms with Crippen molar-refractivity contribution in [3.8, 4) is 11.4 Å². The van der Waals surface area contributed by atoms with Crippen LogP contribution >= 0.6 is 11.6 Å². The third kappa shape index (κ3) is 4.20. The number of aromatic amines is 1. The third-order valence-electron chi connectivity index (χ3n) is 5.29. The highest BCUT2D eigenvalue weighted by atomic mass is 35.5. The van der Waals surface area contributed by atoms with E-state index in [-0.39, 0.29) is 12.0 Å². The minimum atomic E-state index is -0.890. The smallest absolute Gasteiger partial charge is 0.328 e. The number of benzene rings is 2. The number of halogens is 1. The largest absolute Gasteiger partial charge is 0.496 e. The third-order valence-corrected chi connectivity index (χ3v) is 5.59. The van der Waals surface area contributed by atoms with Crippen molar-refractivity contribution in [2.45, 2.75) is 12.5 Å². The Bertz CT molecular complexity index is 1260. The molecule has 0 aliphatic carbocycles. The van der Waals surface area contributed by atoms with Gasteiger partial charge in [0.2, 0.25) is 0 Å². The summed E-state index contributed by atoms with van der Waals surface area (Å²) >= 11 is 6.45. The predicted molar refractivity (Wildman–Crippen MR) is 123 cm³/mol. The van der Waals surface area contributed by atoms with Gasteiger partial charge in [-0.25, -0.2) is 4.79 Å². The number of methoxy groups -OCH3 is 2. The van der Waals surface area contributed by atoms with Crippen LogP contribution in [0.1, 0.15) is 15.9 Å². The van der Waals surface area contributed by atoms with Gasteiger partial charge in [-0.2, -0.15) is 0 Å². The maximum Gasteiger partial charge on any atom is 0.328 e. The summed E-state index contributed by atoms with van der Waals surface area (Å²) in [7, 11) is 2.77. The van der Waals surface area contributed by atoms with Crippen molar-refractivity contribution < 1.29 is 19.1 Å². The Labute approximate surface area is 189 Å². The number of rotatable bonds is 7. The zero-order chi connectivity index (χ0) is 22.7. The van der Waals surface area contributed by atoms with Gasteiger partial charge in [0.1, 0.15) is 11.8 Å². The molecular weight excluding hydrogens is 430 g/mol. The molecule has 0 unspecified atom stereocenters. The van der Waals surface area contributed by atoms with E-state index < -0.39 is 17.9 Å². The van der Waals surface area contributed by atoms with Gasteiger partial charge in [0, 0.05) is 42.0 Å². The van der Waals surface area contributed by atoms with Crippen molar-refractivity contribution in [1.82, 2.24) is 14.9 Å². The van der Waals surface area contributed by atoms with E-state index in [0.717, 1.165) is 16.5 Å². The zero-order valence-corrected chi connectivity index (χ0v) is 18.3. The van der Waals surface area contributed by atoms with Crippen LogP contribution in [0.25, 0.3) is 16.6 Å². The van der Waals surface area contributed by atoms with Crippen LogP contribution in [0.15, 0.2) is 67.1 Å². The number of carbonyl (C=O) groups is 2. The van der Waals surface area contributed by atoms with Gasteiger partial charge in [-0.05, 0) is 29.8 Å². The van der Waals surface area contributed by atoms with E-state index in [9.17, 15) is 9.59 Å². The number of nitrogens with zero attached hydrogens (tertiary/aromatic N) is 1. The molecule has 2 N–H and O–H groups in total. The fourth-order valence-electron chi connectivity index (χ4n) is 3.67. The highest BCUT2D eigenvalue weighted by Crippen LogP contribution is 2.30. The predicted octanol–water partition coefficient (Wildman–Crippen LogP) is 4.13. The van der Waals surface area contributed by atoms with Gasteiger partial charge in [0.15, 0.2) is 0 Å². The van der Waals surface area contributed by atoms with Gasteiger partial charge in [-0.3, -0.25) is 4.79 Å². The highest BCUT2D eigenvalue weighted by Gasteiger charge is 2.26. The average molecular weight is 452 g/mol. The summed E-state index contributed by atoms with van der Waals surface area (Å²) in [6, 6.07) is 13.8. The van der Waals surface area contributed by atoms with E-state index in [1.807, 2.05) is 59.6 Å². The first-order valence-corrected chi connectivity index (χ1v) is 10.3. The number of hydrogen-bond donors (Lipinski definition) is 2. The van der Waals surface area contributed by atoms with Crippen LogP contribution in [0.3, 0.4) is 0 Å². The Kier molecular flexibility index (Phi) is 6.18. The number of hydrogen-bond acceptors (Lipinski definition) is 4. The Hall–Kier alpha value is -3.71. The lowest BCUT2D eigenvalue weighted by molar-refractivity contribution is -0.142. The number of amides is 1. The van der Waals surface area contributed by atoms with E-state index >= 15 is 0 Å². The molecule has 0 aliphatic heterocycles. The first kappa shape index (κ1) is 21.5. The Morgan fingerprint density at radius 3 is 2.59 bits per heavy atom. The minimum Gasteiger partial charge on any atom is -0.496 e. The second kappa shape index (κ2) is 9.20. The molecule has 0 spiro atoms. The molecule has 2 aromatic carbocycles. The van der Waals surface area contributed by atoms with Crippen molar-refractivity contribution in [1.29, 1.82) is 0 Å². The standard InChI is InChI=1S/C24H22ClN3O4/c1-31-22-13-21(28-9-5-6-10-28)18(25)12-17(22)23(29)27-20(24(30)32-2)11-15-14-26-19-8-4-3-7-16(15)19/h3-10,12-14,20,26H,11H2,1-2H3,(H,27,29)/t20-/m1/s1. The van der Waals surface area contributed by atoms with E-state index in [2.05, 4.69) is 10.3 Å². The number of carbonyl (C=O) groups excluding carboxylic acids is 2. The highest BCUT2D eigenvalue weighted by molar-refractivity contribution is 6.33. The Balaban J connectivity index is 1.62. The molecule has 1 amide bonds. The number of H-pyrrole nitrogens is 1. The quantitative estimate of drug-likeness (QED) is 0.414. The molecule has 2 aromatic heterocycles. The molecule has 7 nitrogen and oxygen atoms in total. The fraction of sp³-hybridized carbons (Fsp3) is 0.167. The Morgan fingerprint density at radius 1 is 1.12 bits per heavy atom. The molecule has 0 fully saturated rings. The molecule has 32 heavy (non-hydrogen) atoms. The molecule has 2 heterocycles. The molecule has 0 bridgehead atoms. The normalized spacial score (nSPS) is 11.8. The summed E-state index contributed by atoms with van der Waals surface area (Å²) in [5, 5.41) is 4.12. The molecule has 0 saturated heterocycles. The summed E-state index contributed by atoms with van der Waals surface area (Å²) in [4.78, 5) is 28.8. The maximum atomic E-state index is 13.1. The number of esters is 1. The van der Waals surface area contributed by atoms with Crippen LogP contribution in [0, 0.1) is 0 Å². The topological polar surface area (TPSA) is 85.4 Å². The SMILES string of the molecule is COC(=O)[C@@H](Cc1c[nH]c2ccccc12)NC(=O)c1cc(Cl)c(-n2cccc2)cc1OC. The fourth-order valence-corrected chi connectivity index (χ4v) is 3.94. The number of para-hydroxylation sites is 1. The molecule has 8 heteroatoms. The van der Waals surface area contributed by atoms with Crippen LogP contribution in [0.2, 0.25) is 5.02 Å². The number of ether oxygens (including phenoxy) is 2. The Morgan fingerprint density at radius 2 is 1.88 bits per heavy atom. The maximum absolute atomic E-state index is 13.1. The van der Waals surface area contributed by atoms with Crippen molar-refractivity contribution in [3.05, 3.63) is 83.3 Å². The van der Waals surface area contributed by atoms with Gasteiger partial charge >= 0.3 is 5.97 Å². The summed E-state index contributed by atoms with van der Waals surface area (Å²) in [6.45, 7) is 0. The number of fused-ring (bicyclic) bond motifs is 1. The van der Waals surface area contributed by atoms with Crippen molar-refractivity contribution >= 4 is 34.4 Å². The molecule has 4 aromatic rings. The molecular formula is C24H22ClN3O4. The van der Waals surface area contributed by atoms with E-state index in [1.165, 1.54) is 20.3 Å². The van der Waals surface area contributed by atoms with Gasteiger partial charge < -0.3 is 24.3 Å². The molecule has 0 aliphatic rings. The van der Waals surface area contributed by atoms with Gasteiger partial charge in [-0.1, -0.05) is 29.8 Å². The second-order valence-electron chi connectivity index (χ2n) is 7.21. The van der Waals surface area contributed by atoms with Crippen LogP contribution in [-0.4, -0.2) is 41.7 Å². The first-order chi connectivity index (χ1) is 15.5. The summed E-state index contributed by atoms with van der Waals surface area (Å²) in [5.74, 6) is -0.693. The monoisotopic (exact) mass is 451 g/mol. The molecule has 1 atom stereocenters. The molecule has 164 valence electrons. The van der Waals surface area contributed by atoms with Crippen LogP contribution in [0.5, 0.6) is 5.75 Å². The summed E-state index contributed by atoms with van der Waals surface area (Å²) in [6.07, 6.45) is 5.78. The lowest BCUT2D eigenvalue weighted by Gasteiger charge is -2.18. The van der Waals surface area contributed by atoms with Gasteiger partial charge in [-0.15, -0.1) is 0 Å². The van der Waals surface area contributed by atoms with Crippen LogP contribution in [0.4, 0.5) is 0 Å². The van der Waals surface area contributed by atoms with Crippen molar-refractivity contribution in [2.24, 2.45) is 0 Å². The van der Waals surface area contributed by atoms with Crippen molar-refractivity contribution in [2.75, 3.05) is 14.2 Å². The average Bonchev–Trinajstić information content (AvgIpc) is 3.48. The minimum absolute atomic E-state index is 0.223. The van der Waals surface area contributed by atoms with Gasteiger partial charge in [0.05, 0.1) is 30.5 Å². The first-order valence-electron chi connectivity index (χ1n) is 9.96. The lowest BCUT2D eigenvalue weighted by atomic mass is 10.0. The molecule has 0 saturated carbocycles. The summed E-state index contributed by atoms with van der Waals surface area (Å²) in [5.41, 5.74) is 2.74. The number of nitrogens with one attached hydrogen (secondary N) is 2. The summed E-state index contributed by atoms with van der Waals surface area (Å²) < 4.78 is 12.2. The number of aromatic nitrogens is 2. The van der Waals surface area contributed by atoms with E-state index in [1.54, 1.807) is 6.07 Å². The lowest BCUT2D eigenvalue weighted by Crippen LogP contribution is -2.43. The van der Waals surface area contributed by atoms with E-state index in [4.69, 9.17) is 21.1 Å². The van der Waals surface area contributed by atoms with Crippen LogP contribution in [-0.2, 0) is 16.0 Å². The van der Waals surface area contributed by atoms with Gasteiger partial charge in [0.25, 0.3) is 5.91 Å².